The van der Waals surface area contributed by atoms with Crippen LogP contribution < -0.4 is 10.5 Å². The van der Waals surface area contributed by atoms with Gasteiger partial charge in [0.05, 0.1) is 22.4 Å². The van der Waals surface area contributed by atoms with E-state index in [9.17, 15) is 13.5 Å². The van der Waals surface area contributed by atoms with Gasteiger partial charge in [-0.1, -0.05) is 6.07 Å². The van der Waals surface area contributed by atoms with Crippen LogP contribution in [0.15, 0.2) is 41.9 Å². The highest BCUT2D eigenvalue weighted by atomic mass is 32.2. The van der Waals surface area contributed by atoms with Crippen molar-refractivity contribution in [2.45, 2.75) is 56.1 Å². The average molecular weight is 456 g/mol. The first kappa shape index (κ1) is 21.0. The molecule has 0 spiro atoms. The van der Waals surface area contributed by atoms with E-state index >= 15 is 0 Å². The van der Waals surface area contributed by atoms with E-state index in [0.717, 1.165) is 5.56 Å². The number of nitrogens with one attached hydrogen (secondary N) is 1. The van der Waals surface area contributed by atoms with Crippen LogP contribution in [-0.2, 0) is 10.0 Å². The Labute approximate surface area is 186 Å². The number of aromatic nitrogens is 5. The van der Waals surface area contributed by atoms with Crippen molar-refractivity contribution in [2.24, 2.45) is 5.41 Å². The summed E-state index contributed by atoms with van der Waals surface area (Å²) < 4.78 is 30.6. The van der Waals surface area contributed by atoms with Crippen molar-refractivity contribution in [3.63, 3.8) is 0 Å². The van der Waals surface area contributed by atoms with Crippen molar-refractivity contribution in [3.05, 3.63) is 42.6 Å². The Morgan fingerprint density at radius 1 is 1.25 bits per heavy atom. The molecule has 1 aromatic carbocycles. The van der Waals surface area contributed by atoms with Crippen molar-refractivity contribution in [1.29, 1.82) is 0 Å². The minimum absolute atomic E-state index is 0.154. The van der Waals surface area contributed by atoms with E-state index in [0.29, 0.717) is 36.3 Å². The van der Waals surface area contributed by atoms with Gasteiger partial charge in [-0.05, 0) is 57.7 Å². The Morgan fingerprint density at radius 2 is 1.97 bits per heavy atom. The molecule has 3 aliphatic rings. The molecule has 0 saturated heterocycles. The molecule has 32 heavy (non-hydrogen) atoms. The summed E-state index contributed by atoms with van der Waals surface area (Å²) in [6.45, 7) is 5.46. The second-order valence-electron chi connectivity index (χ2n) is 9.54. The smallest absolute Gasteiger partial charge is 0.241 e. The first-order chi connectivity index (χ1) is 14.9. The van der Waals surface area contributed by atoms with E-state index in [2.05, 4.69) is 24.8 Å². The number of sulfonamides is 1. The van der Waals surface area contributed by atoms with Crippen molar-refractivity contribution < 1.29 is 13.5 Å². The van der Waals surface area contributed by atoms with Gasteiger partial charge in [-0.25, -0.2) is 28.1 Å². The van der Waals surface area contributed by atoms with E-state index in [1.54, 1.807) is 32.0 Å². The second-order valence-corrected chi connectivity index (χ2v) is 11.2. The molecule has 0 unspecified atom stereocenters. The molecule has 3 aliphatic carbocycles. The van der Waals surface area contributed by atoms with Crippen LogP contribution in [0.5, 0.6) is 0 Å². The molecule has 11 heteroatoms. The van der Waals surface area contributed by atoms with Gasteiger partial charge in [0.2, 0.25) is 10.0 Å². The summed E-state index contributed by atoms with van der Waals surface area (Å²) in [7, 11) is -3.75. The Kier molecular flexibility index (Phi) is 4.30. The summed E-state index contributed by atoms with van der Waals surface area (Å²) in [6, 6.07) is 4.93. The maximum absolute atomic E-state index is 13.2. The molecule has 10 nitrogen and oxygen atoms in total. The van der Waals surface area contributed by atoms with Gasteiger partial charge in [0.25, 0.3) is 0 Å². The van der Waals surface area contributed by atoms with Crippen LogP contribution in [-0.4, -0.2) is 49.4 Å². The molecular weight excluding hydrogens is 430 g/mol. The van der Waals surface area contributed by atoms with Crippen LogP contribution in [0.3, 0.4) is 0 Å². The van der Waals surface area contributed by atoms with Gasteiger partial charge in [0, 0.05) is 16.5 Å². The molecule has 0 amide bonds. The molecule has 3 saturated carbocycles. The lowest BCUT2D eigenvalue weighted by atomic mass is 9.35. The normalized spacial score (nSPS) is 24.6. The van der Waals surface area contributed by atoms with E-state index in [4.69, 9.17) is 5.73 Å². The van der Waals surface area contributed by atoms with Crippen LogP contribution in [0.1, 0.15) is 38.7 Å². The molecule has 2 heterocycles. The van der Waals surface area contributed by atoms with E-state index < -0.39 is 21.2 Å². The lowest BCUT2D eigenvalue weighted by Gasteiger charge is -2.74. The molecule has 3 aromatic rings. The van der Waals surface area contributed by atoms with Crippen molar-refractivity contribution in [3.8, 4) is 17.1 Å². The SMILES string of the molecule is Cc1ccc(S(=O)(=O)NC23CC(C(C)(C)O)(C2)C3)cc1-c1cnc(N)c(-n2cncn2)n1. The molecule has 2 aromatic heterocycles. The Morgan fingerprint density at radius 3 is 2.59 bits per heavy atom. The third-order valence-corrected chi connectivity index (χ3v) is 8.47. The summed E-state index contributed by atoms with van der Waals surface area (Å²) in [5.74, 6) is 0.503. The third-order valence-electron chi connectivity index (χ3n) is 6.89. The van der Waals surface area contributed by atoms with Gasteiger partial charge in [-0.3, -0.25) is 0 Å². The molecular formula is C21H25N7O3S. The lowest BCUT2D eigenvalue weighted by Crippen LogP contribution is -2.79. The van der Waals surface area contributed by atoms with E-state index in [1.165, 1.54) is 23.5 Å². The van der Waals surface area contributed by atoms with Gasteiger partial charge >= 0.3 is 0 Å². The van der Waals surface area contributed by atoms with Crippen LogP contribution in [0.4, 0.5) is 5.82 Å². The fraction of sp³-hybridized carbons (Fsp3) is 0.429. The number of nitrogen functional groups attached to an aromatic ring is 1. The minimum Gasteiger partial charge on any atom is -0.390 e. The molecule has 0 aliphatic heterocycles. The number of hydrogen-bond donors (Lipinski definition) is 3. The molecule has 168 valence electrons. The zero-order valence-electron chi connectivity index (χ0n) is 18.1. The average Bonchev–Trinajstić information content (AvgIpc) is 3.18. The number of nitrogens with two attached hydrogens (primary N) is 1. The van der Waals surface area contributed by atoms with Crippen LogP contribution in [0.25, 0.3) is 17.1 Å². The fourth-order valence-corrected chi connectivity index (χ4v) is 6.36. The number of benzene rings is 1. The van der Waals surface area contributed by atoms with Gasteiger partial charge in [-0.2, -0.15) is 9.78 Å². The quantitative estimate of drug-likeness (QED) is 0.507. The first-order valence-corrected chi connectivity index (χ1v) is 11.8. The fourth-order valence-electron chi connectivity index (χ4n) is 4.94. The largest absolute Gasteiger partial charge is 0.390 e. The van der Waals surface area contributed by atoms with Crippen molar-refractivity contribution in [2.75, 3.05) is 5.73 Å². The Bertz CT molecular complexity index is 1290. The summed E-state index contributed by atoms with van der Waals surface area (Å²) in [5, 5.41) is 14.4. The summed E-state index contributed by atoms with van der Waals surface area (Å²) in [6.07, 6.45) is 6.28. The maximum Gasteiger partial charge on any atom is 0.241 e. The molecule has 6 rings (SSSR count). The monoisotopic (exact) mass is 455 g/mol. The Balaban J connectivity index is 1.45. The standard InChI is InChI=1S/C21H25N7O3S/c1-13-4-5-14(32(30,31)27-21-8-20(9-21,10-21)19(2,3)29)6-15(13)16-7-24-17(22)18(26-16)28-12-23-11-25-28/h4-7,11-12,27,29H,8-10H2,1-3H3,(H2,22,24). The lowest BCUT2D eigenvalue weighted by molar-refractivity contribution is -0.244. The molecule has 2 bridgehead atoms. The van der Waals surface area contributed by atoms with Crippen molar-refractivity contribution in [1.82, 2.24) is 29.5 Å². The van der Waals surface area contributed by atoms with Crippen molar-refractivity contribution >= 4 is 15.8 Å². The van der Waals surface area contributed by atoms with Crippen LogP contribution >= 0.6 is 0 Å². The zero-order chi connectivity index (χ0) is 22.9. The molecule has 3 fully saturated rings. The summed E-state index contributed by atoms with van der Waals surface area (Å²) >= 11 is 0. The molecule has 4 N–H and O–H groups in total. The van der Waals surface area contributed by atoms with Crippen LogP contribution in [0.2, 0.25) is 0 Å². The molecule has 0 radical (unpaired) electrons. The minimum atomic E-state index is -3.75. The third kappa shape index (κ3) is 3.11. The van der Waals surface area contributed by atoms with Gasteiger partial charge < -0.3 is 10.8 Å². The predicted octanol–water partition coefficient (Wildman–Crippen LogP) is 1.59. The number of aliphatic hydroxyl groups is 1. The molecule has 0 atom stereocenters. The van der Waals surface area contributed by atoms with E-state index in [-0.39, 0.29) is 16.1 Å². The number of aryl methyl sites for hydroxylation is 1. The second kappa shape index (κ2) is 6.56. The topological polar surface area (TPSA) is 149 Å². The number of nitrogens with zero attached hydrogens (tertiary/aromatic N) is 5. The summed E-state index contributed by atoms with van der Waals surface area (Å²) in [4.78, 5) is 12.8. The number of anilines is 1. The van der Waals surface area contributed by atoms with Crippen LogP contribution in [0, 0.1) is 12.3 Å². The Hall–Kier alpha value is -2.89. The number of rotatable bonds is 6. The van der Waals surface area contributed by atoms with Gasteiger partial charge in [-0.15, -0.1) is 0 Å². The predicted molar refractivity (Wildman–Crippen MR) is 117 cm³/mol. The maximum atomic E-state index is 13.2. The van der Waals surface area contributed by atoms with E-state index in [1.807, 2.05) is 6.92 Å². The highest BCUT2D eigenvalue weighted by Crippen LogP contribution is 2.71. The highest BCUT2D eigenvalue weighted by Gasteiger charge is 2.73. The first-order valence-electron chi connectivity index (χ1n) is 10.3. The summed E-state index contributed by atoms with van der Waals surface area (Å²) in [5.41, 5.74) is 6.43. The van der Waals surface area contributed by atoms with Gasteiger partial charge in [0.15, 0.2) is 11.6 Å². The highest BCUT2D eigenvalue weighted by molar-refractivity contribution is 7.89. The zero-order valence-corrected chi connectivity index (χ0v) is 18.9. The van der Waals surface area contributed by atoms with Gasteiger partial charge in [0.1, 0.15) is 12.7 Å². The number of hydrogen-bond acceptors (Lipinski definition) is 8.